The second-order valence-electron chi connectivity index (χ2n) is 4.52. The van der Waals surface area contributed by atoms with Gasteiger partial charge in [0.2, 0.25) is 5.43 Å². The molecule has 0 aliphatic rings. The third-order valence-electron chi connectivity index (χ3n) is 3.26. The Morgan fingerprint density at radius 2 is 1.76 bits per heavy atom. The van der Waals surface area contributed by atoms with Crippen molar-refractivity contribution in [1.29, 1.82) is 0 Å². The van der Waals surface area contributed by atoms with Crippen LogP contribution in [-0.2, 0) is 0 Å². The van der Waals surface area contributed by atoms with Gasteiger partial charge in [0.25, 0.3) is 0 Å². The molecule has 0 fully saturated rings. The minimum atomic E-state index is -0.310. The standard InChI is InChI=1S/C16H12O5/c1-20-16-12(18)6-7-13-14(16)15(19)11(8-21-13)9-2-4-10(17)5-3-9/h2-8,17-18H,1H3. The van der Waals surface area contributed by atoms with Gasteiger partial charge in [-0.15, -0.1) is 0 Å². The van der Waals surface area contributed by atoms with Gasteiger partial charge in [-0.05, 0) is 29.8 Å². The molecular formula is C16H12O5. The molecule has 5 nitrogen and oxygen atoms in total. The van der Waals surface area contributed by atoms with Crippen molar-refractivity contribution in [3.05, 3.63) is 52.9 Å². The molecule has 0 radical (unpaired) electrons. The largest absolute Gasteiger partial charge is 0.508 e. The lowest BCUT2D eigenvalue weighted by molar-refractivity contribution is 0.377. The lowest BCUT2D eigenvalue weighted by Crippen LogP contribution is -2.06. The number of methoxy groups -OCH3 is 1. The molecule has 1 heterocycles. The molecule has 2 aromatic carbocycles. The van der Waals surface area contributed by atoms with Crippen LogP contribution in [0.15, 0.2) is 51.9 Å². The van der Waals surface area contributed by atoms with Crippen LogP contribution in [0.2, 0.25) is 0 Å². The number of phenols is 2. The van der Waals surface area contributed by atoms with Crippen LogP contribution in [0, 0.1) is 0 Å². The molecule has 0 amide bonds. The fourth-order valence-corrected chi connectivity index (χ4v) is 2.22. The lowest BCUT2D eigenvalue weighted by atomic mass is 10.0. The zero-order valence-corrected chi connectivity index (χ0v) is 11.2. The van der Waals surface area contributed by atoms with Crippen LogP contribution >= 0.6 is 0 Å². The maximum Gasteiger partial charge on any atom is 0.204 e. The Morgan fingerprint density at radius 3 is 2.43 bits per heavy atom. The third kappa shape index (κ3) is 2.08. The van der Waals surface area contributed by atoms with Gasteiger partial charge in [-0.2, -0.15) is 0 Å². The Morgan fingerprint density at radius 1 is 1.05 bits per heavy atom. The van der Waals surface area contributed by atoms with Crippen LogP contribution < -0.4 is 10.2 Å². The number of aromatic hydroxyl groups is 2. The van der Waals surface area contributed by atoms with E-state index in [0.717, 1.165) is 0 Å². The first-order chi connectivity index (χ1) is 10.1. The minimum Gasteiger partial charge on any atom is -0.508 e. The van der Waals surface area contributed by atoms with Crippen molar-refractivity contribution in [2.24, 2.45) is 0 Å². The number of phenolic OH excluding ortho intramolecular Hbond substituents is 2. The lowest BCUT2D eigenvalue weighted by Gasteiger charge is -2.08. The molecule has 0 saturated carbocycles. The smallest absolute Gasteiger partial charge is 0.204 e. The number of rotatable bonds is 2. The Balaban J connectivity index is 2.34. The van der Waals surface area contributed by atoms with Gasteiger partial charge >= 0.3 is 0 Å². The summed E-state index contributed by atoms with van der Waals surface area (Å²) in [4.78, 5) is 12.6. The third-order valence-corrected chi connectivity index (χ3v) is 3.26. The van der Waals surface area contributed by atoms with E-state index in [4.69, 9.17) is 9.15 Å². The fourth-order valence-electron chi connectivity index (χ4n) is 2.22. The van der Waals surface area contributed by atoms with E-state index >= 15 is 0 Å². The zero-order valence-electron chi connectivity index (χ0n) is 11.2. The van der Waals surface area contributed by atoms with E-state index in [0.29, 0.717) is 16.7 Å². The van der Waals surface area contributed by atoms with Crippen LogP contribution in [0.25, 0.3) is 22.1 Å². The molecule has 5 heteroatoms. The second-order valence-corrected chi connectivity index (χ2v) is 4.52. The number of hydrogen-bond acceptors (Lipinski definition) is 5. The topological polar surface area (TPSA) is 79.9 Å². The first-order valence-corrected chi connectivity index (χ1v) is 6.22. The van der Waals surface area contributed by atoms with Crippen LogP contribution in [0.4, 0.5) is 0 Å². The first kappa shape index (κ1) is 13.1. The Kier molecular flexibility index (Phi) is 3.02. The fraction of sp³-hybridized carbons (Fsp3) is 0.0625. The van der Waals surface area contributed by atoms with Crippen molar-refractivity contribution >= 4 is 11.0 Å². The van der Waals surface area contributed by atoms with Crippen molar-refractivity contribution in [3.8, 4) is 28.4 Å². The predicted molar refractivity (Wildman–Crippen MR) is 77.8 cm³/mol. The van der Waals surface area contributed by atoms with Gasteiger partial charge in [-0.25, -0.2) is 0 Å². The number of benzene rings is 2. The van der Waals surface area contributed by atoms with Crippen molar-refractivity contribution in [2.45, 2.75) is 0 Å². The van der Waals surface area contributed by atoms with Gasteiger partial charge in [0.15, 0.2) is 11.5 Å². The second kappa shape index (κ2) is 4.86. The van der Waals surface area contributed by atoms with Crippen LogP contribution in [-0.4, -0.2) is 17.3 Å². The van der Waals surface area contributed by atoms with E-state index < -0.39 is 0 Å². The highest BCUT2D eigenvalue weighted by Gasteiger charge is 2.16. The summed E-state index contributed by atoms with van der Waals surface area (Å²) in [6, 6.07) is 9.11. The summed E-state index contributed by atoms with van der Waals surface area (Å²) in [6.07, 6.45) is 1.35. The molecule has 0 spiro atoms. The average Bonchev–Trinajstić information content (AvgIpc) is 2.49. The molecular weight excluding hydrogens is 272 g/mol. The Hall–Kier alpha value is -2.95. The highest BCUT2D eigenvalue weighted by atomic mass is 16.5. The maximum atomic E-state index is 12.6. The Bertz CT molecular complexity index is 862. The van der Waals surface area contributed by atoms with Gasteiger partial charge in [0, 0.05) is 0 Å². The summed E-state index contributed by atoms with van der Waals surface area (Å²) in [6.45, 7) is 0. The highest BCUT2D eigenvalue weighted by Crippen LogP contribution is 2.33. The van der Waals surface area contributed by atoms with Crippen LogP contribution in [0.1, 0.15) is 0 Å². The highest BCUT2D eigenvalue weighted by molar-refractivity contribution is 5.89. The summed E-state index contributed by atoms with van der Waals surface area (Å²) < 4.78 is 10.6. The SMILES string of the molecule is COc1c(O)ccc2occ(-c3ccc(O)cc3)c(=O)c12. The number of fused-ring (bicyclic) bond motifs is 1. The maximum absolute atomic E-state index is 12.6. The summed E-state index contributed by atoms with van der Waals surface area (Å²) >= 11 is 0. The van der Waals surface area contributed by atoms with Crippen molar-refractivity contribution in [2.75, 3.05) is 7.11 Å². The van der Waals surface area contributed by atoms with Crippen molar-refractivity contribution in [3.63, 3.8) is 0 Å². The van der Waals surface area contributed by atoms with Crippen molar-refractivity contribution < 1.29 is 19.4 Å². The molecule has 0 atom stereocenters. The summed E-state index contributed by atoms with van der Waals surface area (Å²) in [5, 5.41) is 19.3. The van der Waals surface area contributed by atoms with E-state index in [-0.39, 0.29) is 28.1 Å². The van der Waals surface area contributed by atoms with E-state index in [1.807, 2.05) is 0 Å². The molecule has 3 rings (SSSR count). The monoisotopic (exact) mass is 284 g/mol. The predicted octanol–water partition coefficient (Wildman–Crippen LogP) is 2.88. The van der Waals surface area contributed by atoms with Gasteiger partial charge in [0.1, 0.15) is 23.0 Å². The van der Waals surface area contributed by atoms with Crippen LogP contribution in [0.5, 0.6) is 17.2 Å². The molecule has 0 aliphatic carbocycles. The van der Waals surface area contributed by atoms with Gasteiger partial charge < -0.3 is 19.4 Å². The molecule has 3 aromatic rings. The van der Waals surface area contributed by atoms with Crippen molar-refractivity contribution in [1.82, 2.24) is 0 Å². The molecule has 0 unspecified atom stereocenters. The van der Waals surface area contributed by atoms with Gasteiger partial charge in [-0.1, -0.05) is 12.1 Å². The van der Waals surface area contributed by atoms with Gasteiger partial charge in [0.05, 0.1) is 12.7 Å². The molecule has 0 aliphatic heterocycles. The summed E-state index contributed by atoms with van der Waals surface area (Å²) in [5.74, 6) is 0.0705. The molecule has 0 saturated heterocycles. The molecule has 1 aromatic heterocycles. The minimum absolute atomic E-state index is 0.0851. The quantitative estimate of drug-likeness (QED) is 0.756. The average molecular weight is 284 g/mol. The van der Waals surface area contributed by atoms with E-state index in [1.54, 1.807) is 12.1 Å². The van der Waals surface area contributed by atoms with E-state index in [2.05, 4.69) is 0 Å². The molecule has 0 bridgehead atoms. The molecule has 21 heavy (non-hydrogen) atoms. The number of ether oxygens (including phenoxy) is 1. The molecule has 2 N–H and O–H groups in total. The first-order valence-electron chi connectivity index (χ1n) is 6.22. The number of hydrogen-bond donors (Lipinski definition) is 2. The van der Waals surface area contributed by atoms with Crippen LogP contribution in [0.3, 0.4) is 0 Å². The zero-order chi connectivity index (χ0) is 15.0. The molecule has 106 valence electrons. The Labute approximate surface area is 119 Å². The van der Waals surface area contributed by atoms with E-state index in [9.17, 15) is 15.0 Å². The van der Waals surface area contributed by atoms with Gasteiger partial charge in [-0.3, -0.25) is 4.79 Å². The van der Waals surface area contributed by atoms with E-state index in [1.165, 1.54) is 37.6 Å². The summed E-state index contributed by atoms with van der Waals surface area (Å²) in [7, 11) is 1.38. The normalized spacial score (nSPS) is 10.7. The summed E-state index contributed by atoms with van der Waals surface area (Å²) in [5.41, 5.74) is 0.951.